The van der Waals surface area contributed by atoms with Gasteiger partial charge >= 0.3 is 0 Å². The molecule has 1 aromatic rings. The molecule has 1 heterocycles. The van der Waals surface area contributed by atoms with Crippen molar-refractivity contribution in [3.8, 4) is 5.75 Å². The fourth-order valence-electron chi connectivity index (χ4n) is 2.20. The number of likely N-dealkylation sites (N-methyl/N-ethyl adjacent to an activating group) is 1. The third-order valence-electron chi connectivity index (χ3n) is 3.37. The summed E-state index contributed by atoms with van der Waals surface area (Å²) >= 11 is 0. The molecule has 0 bridgehead atoms. The number of hydrogen-bond acceptors (Lipinski definition) is 3. The predicted molar refractivity (Wildman–Crippen MR) is 66.1 cm³/mol. The van der Waals surface area contributed by atoms with Crippen LogP contribution in [-0.2, 0) is 0 Å². The van der Waals surface area contributed by atoms with Crippen LogP contribution in [0.3, 0.4) is 0 Å². The highest BCUT2D eigenvalue weighted by Crippen LogP contribution is 2.22. The molecule has 1 atom stereocenters. The second-order valence-electron chi connectivity index (χ2n) is 4.82. The van der Waals surface area contributed by atoms with Gasteiger partial charge in [0.2, 0.25) is 0 Å². The Hall–Kier alpha value is -1.62. The summed E-state index contributed by atoms with van der Waals surface area (Å²) in [4.78, 5) is 15.9. The molecule has 0 saturated carbocycles. The van der Waals surface area contributed by atoms with Crippen LogP contribution in [0.5, 0.6) is 5.75 Å². The van der Waals surface area contributed by atoms with Gasteiger partial charge in [-0.2, -0.15) is 0 Å². The third-order valence-corrected chi connectivity index (χ3v) is 3.37. The first kappa shape index (κ1) is 12.8. The summed E-state index contributed by atoms with van der Waals surface area (Å²) in [5.41, 5.74) is 0.163. The number of nitrogens with zero attached hydrogens (tertiary/aromatic N) is 2. The van der Waals surface area contributed by atoms with Gasteiger partial charge in [0, 0.05) is 25.2 Å². The molecule has 1 unspecified atom stereocenters. The van der Waals surface area contributed by atoms with Gasteiger partial charge in [-0.15, -0.1) is 0 Å². The van der Waals surface area contributed by atoms with Crippen molar-refractivity contribution < 1.29 is 14.3 Å². The Balaban J connectivity index is 2.13. The van der Waals surface area contributed by atoms with Crippen molar-refractivity contribution in [3.63, 3.8) is 0 Å². The van der Waals surface area contributed by atoms with E-state index in [-0.39, 0.29) is 17.2 Å². The number of hydrogen-bond donors (Lipinski definition) is 1. The fourth-order valence-corrected chi connectivity index (χ4v) is 2.20. The van der Waals surface area contributed by atoms with Gasteiger partial charge in [-0.1, -0.05) is 0 Å². The zero-order valence-electron chi connectivity index (χ0n) is 10.6. The summed E-state index contributed by atoms with van der Waals surface area (Å²) in [6.45, 7) is 1.31. The van der Waals surface area contributed by atoms with Crippen molar-refractivity contribution >= 4 is 5.91 Å². The first-order chi connectivity index (χ1) is 8.49. The lowest BCUT2D eigenvalue weighted by molar-refractivity contribution is 0.0780. The fraction of sp³-hybridized carbons (Fsp3) is 0.462. The topological polar surface area (TPSA) is 43.8 Å². The first-order valence-electron chi connectivity index (χ1n) is 5.93. The number of halogens is 1. The van der Waals surface area contributed by atoms with Gasteiger partial charge < -0.3 is 14.9 Å². The Morgan fingerprint density at radius 1 is 1.50 bits per heavy atom. The van der Waals surface area contributed by atoms with Gasteiger partial charge in [-0.3, -0.25) is 4.79 Å². The van der Waals surface area contributed by atoms with Gasteiger partial charge in [-0.05, 0) is 32.6 Å². The normalized spacial score (nSPS) is 19.6. The zero-order valence-corrected chi connectivity index (χ0v) is 10.6. The maximum absolute atomic E-state index is 12.9. The van der Waals surface area contributed by atoms with E-state index in [1.54, 1.807) is 4.90 Å². The number of benzene rings is 1. The molecule has 0 spiro atoms. The molecule has 2 rings (SSSR count). The van der Waals surface area contributed by atoms with E-state index in [0.29, 0.717) is 19.1 Å². The van der Waals surface area contributed by atoms with Crippen molar-refractivity contribution in [1.29, 1.82) is 0 Å². The summed E-state index contributed by atoms with van der Waals surface area (Å²) in [5, 5.41) is 9.60. The van der Waals surface area contributed by atoms with Crippen LogP contribution in [0.15, 0.2) is 18.2 Å². The molecular weight excluding hydrogens is 235 g/mol. The smallest absolute Gasteiger partial charge is 0.257 e. The molecule has 0 aromatic heterocycles. The second-order valence-corrected chi connectivity index (χ2v) is 4.82. The van der Waals surface area contributed by atoms with Crippen molar-refractivity contribution in [2.24, 2.45) is 0 Å². The standard InChI is InChI=1S/C13H17FN2O2/c1-15(2)10-5-6-16(8-10)13(18)11-4-3-9(14)7-12(11)17/h3-4,7,10,17H,5-6,8H2,1-2H3. The van der Waals surface area contributed by atoms with Gasteiger partial charge in [0.15, 0.2) is 0 Å². The van der Waals surface area contributed by atoms with Crippen molar-refractivity contribution in [3.05, 3.63) is 29.6 Å². The molecule has 1 amide bonds. The molecule has 1 aromatic carbocycles. The van der Waals surface area contributed by atoms with Crippen LogP contribution in [0.25, 0.3) is 0 Å². The van der Waals surface area contributed by atoms with E-state index in [2.05, 4.69) is 4.90 Å². The molecule has 4 nitrogen and oxygen atoms in total. The third kappa shape index (κ3) is 2.46. The lowest BCUT2D eigenvalue weighted by Gasteiger charge is -2.20. The van der Waals surface area contributed by atoms with Crippen LogP contribution >= 0.6 is 0 Å². The van der Waals surface area contributed by atoms with Crippen molar-refractivity contribution in [1.82, 2.24) is 9.80 Å². The second kappa shape index (κ2) is 4.94. The largest absolute Gasteiger partial charge is 0.507 e. The van der Waals surface area contributed by atoms with E-state index >= 15 is 0 Å². The Bertz CT molecular complexity index is 462. The highest BCUT2D eigenvalue weighted by molar-refractivity contribution is 5.97. The van der Waals surface area contributed by atoms with Crippen LogP contribution in [0.2, 0.25) is 0 Å². The van der Waals surface area contributed by atoms with Gasteiger partial charge in [-0.25, -0.2) is 4.39 Å². The summed E-state index contributed by atoms with van der Waals surface area (Å²) in [5.74, 6) is -1.08. The average Bonchev–Trinajstić information content (AvgIpc) is 2.77. The first-order valence-corrected chi connectivity index (χ1v) is 5.93. The number of rotatable bonds is 2. The van der Waals surface area contributed by atoms with E-state index in [4.69, 9.17) is 0 Å². The zero-order chi connectivity index (χ0) is 13.3. The molecular formula is C13H17FN2O2. The van der Waals surface area contributed by atoms with E-state index < -0.39 is 5.82 Å². The van der Waals surface area contributed by atoms with Crippen LogP contribution < -0.4 is 0 Å². The monoisotopic (exact) mass is 252 g/mol. The summed E-state index contributed by atoms with van der Waals surface area (Å²) in [7, 11) is 3.96. The molecule has 1 aliphatic rings. The van der Waals surface area contributed by atoms with Crippen LogP contribution in [0, 0.1) is 5.82 Å². The Kier molecular flexibility index (Phi) is 3.52. The molecule has 5 heteroatoms. The van der Waals surface area contributed by atoms with E-state index in [0.717, 1.165) is 12.5 Å². The minimum absolute atomic E-state index is 0.163. The van der Waals surface area contributed by atoms with Crippen LogP contribution in [-0.4, -0.2) is 54.0 Å². The molecule has 1 fully saturated rings. The lowest BCUT2D eigenvalue weighted by atomic mass is 10.1. The number of phenolic OH excluding ortho intramolecular Hbond substituents is 1. The number of carbonyl (C=O) groups is 1. The number of phenols is 1. The Morgan fingerprint density at radius 2 is 2.22 bits per heavy atom. The van der Waals surface area contributed by atoms with E-state index in [1.165, 1.54) is 12.1 Å². The number of aromatic hydroxyl groups is 1. The SMILES string of the molecule is CN(C)C1CCN(C(=O)c2ccc(F)cc2O)C1. The summed E-state index contributed by atoms with van der Waals surface area (Å²) < 4.78 is 12.9. The quantitative estimate of drug-likeness (QED) is 0.863. The van der Waals surface area contributed by atoms with Crippen LogP contribution in [0.1, 0.15) is 16.8 Å². The maximum atomic E-state index is 12.9. The number of likely N-dealkylation sites (tertiary alicyclic amines) is 1. The van der Waals surface area contributed by atoms with E-state index in [9.17, 15) is 14.3 Å². The molecule has 1 N–H and O–H groups in total. The minimum Gasteiger partial charge on any atom is -0.507 e. The average molecular weight is 252 g/mol. The summed E-state index contributed by atoms with van der Waals surface area (Å²) in [6, 6.07) is 3.83. The maximum Gasteiger partial charge on any atom is 0.257 e. The van der Waals surface area contributed by atoms with Gasteiger partial charge in [0.25, 0.3) is 5.91 Å². The predicted octanol–water partition coefficient (Wildman–Crippen LogP) is 1.31. The van der Waals surface area contributed by atoms with E-state index in [1.807, 2.05) is 14.1 Å². The molecule has 1 saturated heterocycles. The van der Waals surface area contributed by atoms with Crippen LogP contribution in [0.4, 0.5) is 4.39 Å². The molecule has 0 radical (unpaired) electrons. The highest BCUT2D eigenvalue weighted by Gasteiger charge is 2.29. The van der Waals surface area contributed by atoms with Crippen molar-refractivity contribution in [2.75, 3.05) is 27.2 Å². The van der Waals surface area contributed by atoms with Gasteiger partial charge in [0.05, 0.1) is 5.56 Å². The van der Waals surface area contributed by atoms with Gasteiger partial charge in [0.1, 0.15) is 11.6 Å². The highest BCUT2D eigenvalue weighted by atomic mass is 19.1. The molecule has 0 aliphatic carbocycles. The van der Waals surface area contributed by atoms with Crippen molar-refractivity contribution in [2.45, 2.75) is 12.5 Å². The minimum atomic E-state index is -0.545. The lowest BCUT2D eigenvalue weighted by Crippen LogP contribution is -2.34. The number of amides is 1. The molecule has 18 heavy (non-hydrogen) atoms. The summed E-state index contributed by atoms with van der Waals surface area (Å²) in [6.07, 6.45) is 0.917. The number of carbonyl (C=O) groups excluding carboxylic acids is 1. The Labute approximate surface area is 106 Å². The molecule has 1 aliphatic heterocycles. The molecule has 98 valence electrons. The Morgan fingerprint density at radius 3 is 2.78 bits per heavy atom.